The molecular weight excluding hydrogens is 523 g/mol. The number of benzene rings is 3. The van der Waals surface area contributed by atoms with Gasteiger partial charge >= 0.3 is 0 Å². The van der Waals surface area contributed by atoms with E-state index >= 15 is 0 Å². The van der Waals surface area contributed by atoms with Gasteiger partial charge in [-0.15, -0.1) is 0 Å². The number of H-pyrrole nitrogens is 1. The molecule has 0 saturated carbocycles. The summed E-state index contributed by atoms with van der Waals surface area (Å²) in [6.07, 6.45) is 1.18. The number of nitrogens with zero attached hydrogens (tertiary/aromatic N) is 3. The Morgan fingerprint density at radius 1 is 1.00 bits per heavy atom. The monoisotopic (exact) mass is 552 g/mol. The van der Waals surface area contributed by atoms with Crippen LogP contribution in [0.15, 0.2) is 65.7 Å². The van der Waals surface area contributed by atoms with Crippen LogP contribution in [0.2, 0.25) is 0 Å². The molecule has 0 radical (unpaired) electrons. The van der Waals surface area contributed by atoms with E-state index in [9.17, 15) is 17.9 Å². The van der Waals surface area contributed by atoms with Gasteiger partial charge in [-0.05, 0) is 74.8 Å². The number of sulfonamides is 1. The molecule has 3 aromatic carbocycles. The molecule has 204 valence electrons. The van der Waals surface area contributed by atoms with Gasteiger partial charge in [0.15, 0.2) is 17.4 Å². The lowest BCUT2D eigenvalue weighted by Gasteiger charge is -2.24. The molecule has 1 aliphatic heterocycles. The number of aromatic nitrogens is 1. The molecule has 0 atom stereocenters. The van der Waals surface area contributed by atoms with Gasteiger partial charge in [-0.3, -0.25) is 4.31 Å². The number of aromatic amines is 1. The Bertz CT molecular complexity index is 1650. The van der Waals surface area contributed by atoms with Crippen LogP contribution in [-0.2, 0) is 10.0 Å². The molecule has 0 saturated heterocycles. The van der Waals surface area contributed by atoms with Crippen molar-refractivity contribution < 1.29 is 27.4 Å². The normalized spacial score (nSPS) is 13.7. The second kappa shape index (κ2) is 10.6. The minimum Gasteiger partial charge on any atom is -0.494 e. The molecule has 2 N–H and O–H groups in total. The van der Waals surface area contributed by atoms with Crippen molar-refractivity contribution in [3.8, 4) is 17.4 Å². The molecule has 9 nitrogen and oxygen atoms in total. The number of hydrogen-bond acceptors (Lipinski definition) is 7. The Kier molecular flexibility index (Phi) is 7.19. The summed E-state index contributed by atoms with van der Waals surface area (Å²) < 4.78 is 51.6. The fourth-order valence-electron chi connectivity index (χ4n) is 4.45. The van der Waals surface area contributed by atoms with E-state index in [0.29, 0.717) is 76.9 Å². The first-order valence-electron chi connectivity index (χ1n) is 12.3. The number of rotatable bonds is 8. The second-order valence-electron chi connectivity index (χ2n) is 9.51. The van der Waals surface area contributed by atoms with E-state index in [1.54, 1.807) is 42.5 Å². The SMILES string of the molecule is CN(C)CCN(c1ccc(N=C(c2ccc3c(c2)OCCO3)c2c(O)[nH]c3cc(F)ccc23)cc1)S(C)(=O)=O. The maximum Gasteiger partial charge on any atom is 0.232 e. The molecule has 1 aliphatic rings. The zero-order valence-corrected chi connectivity index (χ0v) is 22.6. The summed E-state index contributed by atoms with van der Waals surface area (Å²) in [4.78, 5) is 9.60. The van der Waals surface area contributed by atoms with Crippen LogP contribution >= 0.6 is 0 Å². The van der Waals surface area contributed by atoms with E-state index in [2.05, 4.69) is 4.98 Å². The lowest BCUT2D eigenvalue weighted by molar-refractivity contribution is 0.171. The minimum atomic E-state index is -3.49. The van der Waals surface area contributed by atoms with E-state index in [-0.39, 0.29) is 5.88 Å². The Hall–Kier alpha value is -4.09. The number of aromatic hydroxyl groups is 1. The highest BCUT2D eigenvalue weighted by Gasteiger charge is 2.22. The number of fused-ring (bicyclic) bond motifs is 2. The number of halogens is 1. The quantitative estimate of drug-likeness (QED) is 0.316. The van der Waals surface area contributed by atoms with Crippen molar-refractivity contribution >= 4 is 38.0 Å². The van der Waals surface area contributed by atoms with Crippen molar-refractivity contribution in [1.82, 2.24) is 9.88 Å². The van der Waals surface area contributed by atoms with Crippen LogP contribution in [0, 0.1) is 5.82 Å². The third-order valence-corrected chi connectivity index (χ3v) is 7.52. The summed E-state index contributed by atoms with van der Waals surface area (Å²) in [5.74, 6) is 0.565. The van der Waals surface area contributed by atoms with Crippen LogP contribution < -0.4 is 13.8 Å². The number of hydrogen-bond donors (Lipinski definition) is 2. The van der Waals surface area contributed by atoms with Crippen LogP contribution in [0.5, 0.6) is 17.4 Å². The zero-order valence-electron chi connectivity index (χ0n) is 21.8. The first kappa shape index (κ1) is 26.5. The Balaban J connectivity index is 1.61. The van der Waals surface area contributed by atoms with E-state index in [4.69, 9.17) is 14.5 Å². The second-order valence-corrected chi connectivity index (χ2v) is 11.4. The standard InChI is InChI=1S/C28H29FN4O5S/c1-32(2)12-13-33(39(3,35)36)21-8-6-20(7-9-21)30-27(18-4-11-24-25(16-18)38-15-14-37-24)26-22-10-5-19(29)17-23(22)31-28(26)34/h4-11,16-17,31,34H,12-15H2,1-3H3. The molecule has 2 heterocycles. The summed E-state index contributed by atoms with van der Waals surface area (Å²) in [6, 6.07) is 16.4. The summed E-state index contributed by atoms with van der Waals surface area (Å²) in [7, 11) is 0.269. The summed E-state index contributed by atoms with van der Waals surface area (Å²) in [6.45, 7) is 1.72. The molecule has 0 unspecified atom stereocenters. The van der Waals surface area contributed by atoms with Gasteiger partial charge in [0.1, 0.15) is 19.0 Å². The predicted octanol–water partition coefficient (Wildman–Crippen LogP) is 4.28. The van der Waals surface area contributed by atoms with Gasteiger partial charge in [0.2, 0.25) is 10.0 Å². The first-order chi connectivity index (χ1) is 18.6. The van der Waals surface area contributed by atoms with Crippen molar-refractivity contribution in [2.75, 3.05) is 51.0 Å². The van der Waals surface area contributed by atoms with Crippen molar-refractivity contribution in [3.63, 3.8) is 0 Å². The van der Waals surface area contributed by atoms with Crippen LogP contribution in [-0.4, -0.2) is 75.8 Å². The molecule has 1 aromatic heterocycles. The van der Waals surface area contributed by atoms with Gasteiger partial charge in [-0.2, -0.15) is 0 Å². The van der Waals surface area contributed by atoms with Crippen LogP contribution in [0.25, 0.3) is 10.9 Å². The highest BCUT2D eigenvalue weighted by atomic mass is 32.2. The fraction of sp³-hybridized carbons (Fsp3) is 0.250. The molecule has 39 heavy (non-hydrogen) atoms. The zero-order chi connectivity index (χ0) is 27.7. The van der Waals surface area contributed by atoms with Gasteiger partial charge in [0.05, 0.1) is 34.4 Å². The summed E-state index contributed by atoms with van der Waals surface area (Å²) in [5, 5.41) is 11.5. The van der Waals surface area contributed by atoms with E-state index in [1.165, 1.54) is 22.7 Å². The maximum absolute atomic E-state index is 13.9. The number of nitrogens with one attached hydrogen (secondary N) is 1. The van der Waals surface area contributed by atoms with Gasteiger partial charge in [0, 0.05) is 24.0 Å². The third kappa shape index (κ3) is 5.69. The number of likely N-dealkylation sites (N-methyl/N-ethyl adjacent to an activating group) is 1. The molecule has 0 aliphatic carbocycles. The van der Waals surface area contributed by atoms with Crippen molar-refractivity contribution in [2.24, 2.45) is 4.99 Å². The average molecular weight is 553 g/mol. The summed E-state index contributed by atoms with van der Waals surface area (Å²) >= 11 is 0. The molecule has 0 amide bonds. The van der Waals surface area contributed by atoms with Crippen molar-refractivity contribution in [1.29, 1.82) is 0 Å². The van der Waals surface area contributed by atoms with Gasteiger partial charge in [-0.25, -0.2) is 17.8 Å². The van der Waals surface area contributed by atoms with Crippen molar-refractivity contribution in [2.45, 2.75) is 0 Å². The molecule has 4 aromatic rings. The molecule has 5 rings (SSSR count). The Morgan fingerprint density at radius 2 is 1.72 bits per heavy atom. The lowest BCUT2D eigenvalue weighted by Crippen LogP contribution is -2.35. The van der Waals surface area contributed by atoms with E-state index in [1.807, 2.05) is 25.1 Å². The highest BCUT2D eigenvalue weighted by molar-refractivity contribution is 7.92. The topological polar surface area (TPSA) is 107 Å². The van der Waals surface area contributed by atoms with Gasteiger partial charge in [-0.1, -0.05) is 0 Å². The lowest BCUT2D eigenvalue weighted by atomic mass is 10.00. The Morgan fingerprint density at radius 3 is 2.41 bits per heavy atom. The van der Waals surface area contributed by atoms with Crippen LogP contribution in [0.3, 0.4) is 0 Å². The molecule has 0 bridgehead atoms. The van der Waals surface area contributed by atoms with Crippen molar-refractivity contribution in [3.05, 3.63) is 77.6 Å². The van der Waals surface area contributed by atoms with Gasteiger partial charge < -0.3 is 24.5 Å². The van der Waals surface area contributed by atoms with Gasteiger partial charge in [0.25, 0.3) is 0 Å². The first-order valence-corrected chi connectivity index (χ1v) is 14.2. The number of aliphatic imine (C=N–C) groups is 1. The fourth-order valence-corrected chi connectivity index (χ4v) is 5.37. The average Bonchev–Trinajstić information content (AvgIpc) is 3.21. The largest absolute Gasteiger partial charge is 0.494 e. The Labute approximate surface area is 226 Å². The van der Waals surface area contributed by atoms with E-state index in [0.717, 1.165) is 0 Å². The molecule has 11 heteroatoms. The van der Waals surface area contributed by atoms with E-state index < -0.39 is 15.8 Å². The predicted molar refractivity (Wildman–Crippen MR) is 150 cm³/mol. The number of ether oxygens (including phenoxy) is 2. The highest BCUT2D eigenvalue weighted by Crippen LogP contribution is 2.36. The summed E-state index contributed by atoms with van der Waals surface area (Å²) in [5.41, 5.74) is 2.93. The smallest absolute Gasteiger partial charge is 0.232 e. The maximum atomic E-state index is 13.9. The molecule has 0 fully saturated rings. The third-order valence-electron chi connectivity index (χ3n) is 6.32. The molecule has 0 spiro atoms. The minimum absolute atomic E-state index is 0.159. The number of anilines is 1. The van der Waals surface area contributed by atoms with Crippen LogP contribution in [0.1, 0.15) is 11.1 Å². The molecular formula is C28H29FN4O5S. The van der Waals surface area contributed by atoms with Crippen LogP contribution in [0.4, 0.5) is 15.8 Å².